The van der Waals surface area contributed by atoms with Crippen LogP contribution in [0.25, 0.3) is 16.3 Å². The van der Waals surface area contributed by atoms with Crippen molar-refractivity contribution in [2.75, 3.05) is 38.1 Å². The first-order valence-corrected chi connectivity index (χ1v) is 30.2. The summed E-state index contributed by atoms with van der Waals surface area (Å²) in [7, 11) is 1.20. The van der Waals surface area contributed by atoms with E-state index >= 15 is 0 Å². The summed E-state index contributed by atoms with van der Waals surface area (Å²) in [5.41, 5.74) is 6.22. The number of benzene rings is 1. The molecule has 1 aromatic heterocycles. The summed E-state index contributed by atoms with van der Waals surface area (Å²) in [5.74, 6) is -13.9. The average molecular weight is 1230 g/mol. The normalized spacial score (nSPS) is 22.2. The van der Waals surface area contributed by atoms with Crippen LogP contribution in [0.4, 0.5) is 0 Å². The maximum absolute atomic E-state index is 14.6. The lowest BCUT2D eigenvalue weighted by molar-refractivity contribution is -0.138. The van der Waals surface area contributed by atoms with Gasteiger partial charge < -0.3 is 78.0 Å². The molecule has 0 aliphatic carbocycles. The molecule has 9 amide bonds. The minimum Gasteiger partial charge on any atom is -0.466 e. The van der Waals surface area contributed by atoms with E-state index in [1.807, 2.05) is 4.57 Å². The van der Waals surface area contributed by atoms with E-state index in [9.17, 15) is 78.0 Å². The van der Waals surface area contributed by atoms with Gasteiger partial charge in [0.25, 0.3) is 0 Å². The highest BCUT2D eigenvalue weighted by molar-refractivity contribution is 7.99. The van der Waals surface area contributed by atoms with Gasteiger partial charge in [0.05, 0.1) is 67.2 Å². The van der Waals surface area contributed by atoms with E-state index in [0.717, 1.165) is 11.8 Å². The van der Waals surface area contributed by atoms with E-state index in [0.29, 0.717) is 27.1 Å². The van der Waals surface area contributed by atoms with Gasteiger partial charge in [0.15, 0.2) is 11.6 Å². The van der Waals surface area contributed by atoms with Crippen molar-refractivity contribution in [1.29, 1.82) is 0 Å². The minimum atomic E-state index is -1.77. The van der Waals surface area contributed by atoms with Gasteiger partial charge in [-0.05, 0) is 83.8 Å². The second-order valence-electron chi connectivity index (χ2n) is 21.3. The van der Waals surface area contributed by atoms with Crippen LogP contribution in [0.3, 0.4) is 0 Å². The fourth-order valence-electron chi connectivity index (χ4n) is 9.17. The van der Waals surface area contributed by atoms with Gasteiger partial charge in [-0.25, -0.2) is 4.79 Å². The zero-order chi connectivity index (χ0) is 64.0. The van der Waals surface area contributed by atoms with Gasteiger partial charge in [-0.15, -0.1) is 11.8 Å². The molecule has 0 saturated heterocycles. The Hall–Kier alpha value is -6.92. The van der Waals surface area contributed by atoms with Crippen LogP contribution in [0.15, 0.2) is 35.4 Å². The lowest BCUT2D eigenvalue weighted by Gasteiger charge is -2.30. The summed E-state index contributed by atoms with van der Waals surface area (Å²) in [5, 5.41) is 64.0. The molecule has 0 spiro atoms. The second kappa shape index (κ2) is 34.9. The molecule has 472 valence electrons. The first-order chi connectivity index (χ1) is 40.0. The quantitative estimate of drug-likeness (QED) is 0.0486. The molecule has 14 N–H and O–H groups in total. The van der Waals surface area contributed by atoms with Gasteiger partial charge in [-0.2, -0.15) is 11.8 Å². The number of carbonyl (C=O) groups excluding carboxylic acids is 12. The number of ketones is 2. The maximum atomic E-state index is 14.6. The fraction of sp³-hybridized carbons (Fsp3) is 0.607. The Labute approximate surface area is 502 Å². The average Bonchev–Trinajstić information content (AvgIpc) is 2.03. The van der Waals surface area contributed by atoms with E-state index < -0.39 is 175 Å². The van der Waals surface area contributed by atoms with E-state index in [2.05, 4.69) is 42.5 Å². The van der Waals surface area contributed by atoms with Crippen LogP contribution < -0.4 is 48.3 Å². The summed E-state index contributed by atoms with van der Waals surface area (Å²) in [4.78, 5) is 163. The summed E-state index contributed by atoms with van der Waals surface area (Å²) in [6.45, 7) is 9.54. The Kier molecular flexibility index (Phi) is 29.7. The molecule has 1 aromatic carbocycles. The number of aliphatic hydroxyl groups is 4. The molecule has 85 heavy (non-hydrogen) atoms. The molecule has 3 rings (SSSR count). The van der Waals surface area contributed by atoms with Gasteiger partial charge in [0, 0.05) is 48.9 Å². The van der Waals surface area contributed by atoms with Gasteiger partial charge in [0.2, 0.25) is 53.2 Å². The number of amides is 9. The number of thioether (sulfide) groups is 2. The van der Waals surface area contributed by atoms with E-state index in [4.69, 9.17) is 10.5 Å². The summed E-state index contributed by atoms with van der Waals surface area (Å²) in [6, 6.07) is -4.61. The Bertz CT molecular complexity index is 2770. The van der Waals surface area contributed by atoms with Crippen LogP contribution in [0, 0.1) is 17.8 Å². The highest BCUT2D eigenvalue weighted by Crippen LogP contribution is 2.38. The molecule has 0 radical (unpaired) electrons. The van der Waals surface area contributed by atoms with Crippen LogP contribution in [0.2, 0.25) is 0 Å². The molecule has 29 heteroatoms. The van der Waals surface area contributed by atoms with Crippen molar-refractivity contribution in [1.82, 2.24) is 47.1 Å². The number of Topliss-reactive ketones (excluding diaryl/α,β-unsaturated/α-hetero) is 2. The van der Waals surface area contributed by atoms with Crippen LogP contribution in [-0.2, 0) is 68.8 Å². The number of esters is 1. The number of hydrogen-bond acceptors (Lipinski definition) is 19. The number of allylic oxidation sites excluding steroid dienone is 1. The third kappa shape index (κ3) is 21.5. The number of hydrogen-bond donors (Lipinski definition) is 13. The number of nitrogens with one attached hydrogen (secondary N) is 8. The Morgan fingerprint density at radius 1 is 0.800 bits per heavy atom. The summed E-state index contributed by atoms with van der Waals surface area (Å²) < 4.78 is 6.81. The maximum Gasteiger partial charge on any atom is 0.330 e. The molecule has 0 saturated carbocycles. The van der Waals surface area contributed by atoms with Gasteiger partial charge in [0.1, 0.15) is 36.3 Å². The third-order valence-corrected chi connectivity index (χ3v) is 16.0. The predicted octanol–water partition coefficient (Wildman–Crippen LogP) is -1.78. The Morgan fingerprint density at radius 3 is 2.00 bits per heavy atom. The second-order valence-corrected chi connectivity index (χ2v) is 23.3. The zero-order valence-corrected chi connectivity index (χ0v) is 51.2. The van der Waals surface area contributed by atoms with Crippen molar-refractivity contribution in [3.05, 3.63) is 36.0 Å². The monoisotopic (exact) mass is 1230 g/mol. The number of methoxy groups -OCH3 is 1. The van der Waals surface area contributed by atoms with Crippen molar-refractivity contribution in [3.63, 3.8) is 0 Å². The smallest absolute Gasteiger partial charge is 0.330 e. The van der Waals surface area contributed by atoms with Crippen molar-refractivity contribution in [2.24, 2.45) is 23.5 Å². The number of rotatable bonds is 21. The molecule has 1 aliphatic heterocycles. The van der Waals surface area contributed by atoms with Crippen molar-refractivity contribution in [2.45, 2.75) is 166 Å². The summed E-state index contributed by atoms with van der Waals surface area (Å²) >= 11 is 2.34. The number of carbonyl (C=O) groups is 12. The lowest BCUT2D eigenvalue weighted by Crippen LogP contribution is -2.61. The predicted molar refractivity (Wildman–Crippen MR) is 315 cm³/mol. The number of nitrogens with zero attached hydrogens (tertiary/aromatic N) is 1. The van der Waals surface area contributed by atoms with Crippen LogP contribution in [0.1, 0.15) is 99.6 Å². The highest BCUT2D eigenvalue weighted by Gasteiger charge is 2.38. The number of nitrogens with two attached hydrogens (primary N) is 1. The Morgan fingerprint density at radius 2 is 1.44 bits per heavy atom. The number of ether oxygens (including phenoxy) is 1. The molecule has 0 bridgehead atoms. The fourth-order valence-corrected chi connectivity index (χ4v) is 10.9. The van der Waals surface area contributed by atoms with Gasteiger partial charge in [-0.1, -0.05) is 38.1 Å². The lowest BCUT2D eigenvalue weighted by atomic mass is 9.92. The molecule has 12 atom stereocenters. The third-order valence-electron chi connectivity index (χ3n) is 14.1. The highest BCUT2D eigenvalue weighted by atomic mass is 32.2. The molecule has 0 unspecified atom stereocenters. The first kappa shape index (κ1) is 72.3. The first-order valence-electron chi connectivity index (χ1n) is 27.8. The standard InChI is InChI=1S/C56H84N10O17S2/c1-27(2)45-54(81)65-46(32(7)70)55(82)60-38(18-20-84-10)43(73)23-37(31(6)69)50(77)63-41(53(80)62-40(25-68)52(79)59-29(4)42(72)22-34(24-67)48(57)75)26-85-56-36-16-12-11-15-35(36)47(28(3)21-44(74)83-9)66(56)19-14-13-17-39(51(78)64-45)61-49(76)30(5)58-33(8)71/h11-12,15-16,21,27,29-32,34,37-41,45-46,67-70H,13-14,17-20,22-26H2,1-10H3,(H2,57,75)(H,58,71)(H,59,79)(H,60,82)(H,61,76)(H,62,80)(H,63,77)(H,64,78)(H,65,81)/b28-21+/t29-,30-,31+,32+,34-,37-,38-,39-,40-,41-,45-,46-/m0/s1. The number of aromatic nitrogens is 1. The molecule has 2 heterocycles. The van der Waals surface area contributed by atoms with Crippen molar-refractivity contribution in [3.8, 4) is 0 Å². The van der Waals surface area contributed by atoms with Crippen molar-refractivity contribution >= 4 is 111 Å². The molecule has 27 nitrogen and oxygen atoms in total. The molecule has 1 aliphatic rings. The van der Waals surface area contributed by atoms with Crippen LogP contribution in [-0.4, -0.2) is 194 Å². The topological polar surface area (TPSA) is 422 Å². The van der Waals surface area contributed by atoms with Gasteiger partial charge in [-0.3, -0.25) is 52.7 Å². The minimum absolute atomic E-state index is 0.0355. The molecular formula is C56H84N10O17S2. The zero-order valence-electron chi connectivity index (χ0n) is 49.6. The van der Waals surface area contributed by atoms with E-state index in [-0.39, 0.29) is 43.7 Å². The summed E-state index contributed by atoms with van der Waals surface area (Å²) in [6.07, 6.45) is -1.11. The van der Waals surface area contributed by atoms with Crippen molar-refractivity contribution < 1.29 is 82.7 Å². The molecular weight excluding hydrogens is 1150 g/mol. The molecule has 2 aromatic rings. The molecule has 0 fully saturated rings. The van der Waals surface area contributed by atoms with E-state index in [1.54, 1.807) is 51.3 Å². The van der Waals surface area contributed by atoms with Gasteiger partial charge >= 0.3 is 5.97 Å². The SMILES string of the molecule is COC(=O)/C=C(\C)c1c2ccccc2c2n1CCCC[C@H](NC(=O)[C@H](C)NC(C)=O)C(=O)N[C@@H](C(C)C)C(=O)N[C@@H]([C@@H](C)O)C(=O)N[C@@H](CCSC)C(=O)C[C@@H]([C@@H](C)O)C(=O)N[C@H](C(=O)N[C@@H](CO)C(=O)N[C@@H](C)C(=O)C[C@@H](CO)C(N)=O)CS2. The van der Waals surface area contributed by atoms with Crippen LogP contribution in [0.5, 0.6) is 0 Å². The number of aliphatic hydroxyl groups excluding tert-OH is 4. The number of fused-ring (bicyclic) bond motifs is 3. The number of primary amides is 1. The van der Waals surface area contributed by atoms with E-state index in [1.165, 1.54) is 59.6 Å². The van der Waals surface area contributed by atoms with Crippen LogP contribution >= 0.6 is 23.5 Å². The largest absolute Gasteiger partial charge is 0.466 e. The Balaban J connectivity index is 2.33.